The van der Waals surface area contributed by atoms with Crippen molar-refractivity contribution in [1.29, 1.82) is 0 Å². The van der Waals surface area contributed by atoms with Crippen molar-refractivity contribution in [1.82, 2.24) is 0 Å². The predicted octanol–water partition coefficient (Wildman–Crippen LogP) is 1.30. The number of benzene rings is 1. The van der Waals surface area contributed by atoms with Gasteiger partial charge in [0.05, 0.1) is 7.11 Å². The molecule has 0 unspecified atom stereocenters. The van der Waals surface area contributed by atoms with Crippen molar-refractivity contribution >= 4 is 10.3 Å². The maximum atomic E-state index is 12.5. The minimum Gasteiger partial charge on any atom is -0.496 e. The number of halogens is 3. The Morgan fingerprint density at radius 3 is 2.29 bits per heavy atom. The molecule has 0 aliphatic heterocycles. The third-order valence-corrected chi connectivity index (χ3v) is 2.11. The first-order valence-corrected chi connectivity index (χ1v) is 5.58. The van der Waals surface area contributed by atoms with Crippen molar-refractivity contribution in [2.45, 2.75) is 6.18 Å². The standard InChI is InChI=1S/C8H8F3NO4S/c1-15-7-3-2-5(16-17(12,13)14)4-6(7)8(9,10)11/h2-4H,1H3,(H2,12,13,14). The van der Waals surface area contributed by atoms with Crippen molar-refractivity contribution in [2.75, 3.05) is 7.11 Å². The van der Waals surface area contributed by atoms with Gasteiger partial charge in [0.15, 0.2) is 0 Å². The van der Waals surface area contributed by atoms with Gasteiger partial charge >= 0.3 is 16.5 Å². The molecule has 0 amide bonds. The highest BCUT2D eigenvalue weighted by molar-refractivity contribution is 7.84. The first-order valence-electron chi connectivity index (χ1n) is 4.11. The van der Waals surface area contributed by atoms with Crippen LogP contribution in [0.15, 0.2) is 18.2 Å². The highest BCUT2D eigenvalue weighted by Gasteiger charge is 2.35. The quantitative estimate of drug-likeness (QED) is 0.898. The van der Waals surface area contributed by atoms with Gasteiger partial charge in [-0.2, -0.15) is 26.7 Å². The molecule has 5 nitrogen and oxygen atoms in total. The highest BCUT2D eigenvalue weighted by atomic mass is 32.2. The van der Waals surface area contributed by atoms with Gasteiger partial charge in [0.2, 0.25) is 0 Å². The molecule has 0 heterocycles. The number of rotatable bonds is 3. The lowest BCUT2D eigenvalue weighted by atomic mass is 10.2. The second-order valence-electron chi connectivity index (χ2n) is 2.94. The molecule has 0 radical (unpaired) electrons. The van der Waals surface area contributed by atoms with E-state index in [1.165, 1.54) is 0 Å². The predicted molar refractivity (Wildman–Crippen MR) is 51.7 cm³/mol. The number of hydrogen-bond donors (Lipinski definition) is 1. The van der Waals surface area contributed by atoms with Crippen LogP contribution in [0, 0.1) is 0 Å². The Hall–Kier alpha value is -1.48. The monoisotopic (exact) mass is 271 g/mol. The zero-order chi connectivity index (χ0) is 13.3. The van der Waals surface area contributed by atoms with Gasteiger partial charge in [-0.05, 0) is 18.2 Å². The molecule has 0 atom stereocenters. The van der Waals surface area contributed by atoms with E-state index in [1.54, 1.807) is 0 Å². The van der Waals surface area contributed by atoms with Crippen LogP contribution in [0.3, 0.4) is 0 Å². The lowest BCUT2D eigenvalue weighted by molar-refractivity contribution is -0.138. The molecule has 96 valence electrons. The minimum atomic E-state index is -4.69. The van der Waals surface area contributed by atoms with Crippen molar-refractivity contribution in [3.8, 4) is 11.5 Å². The van der Waals surface area contributed by atoms with Crippen molar-refractivity contribution < 1.29 is 30.5 Å². The lowest BCUT2D eigenvalue weighted by Crippen LogP contribution is -2.19. The summed E-state index contributed by atoms with van der Waals surface area (Å²) in [5.74, 6) is -0.986. The summed E-state index contributed by atoms with van der Waals surface area (Å²) in [5.41, 5.74) is -1.15. The molecule has 1 rings (SSSR count). The van der Waals surface area contributed by atoms with Gasteiger partial charge in [-0.3, -0.25) is 0 Å². The normalized spacial score (nSPS) is 12.3. The molecule has 0 spiro atoms. The van der Waals surface area contributed by atoms with Gasteiger partial charge in [-0.25, -0.2) is 0 Å². The Labute approximate surface area is 95.2 Å². The molecule has 0 saturated heterocycles. The van der Waals surface area contributed by atoms with E-state index in [2.05, 4.69) is 14.1 Å². The average Bonchev–Trinajstić information content (AvgIpc) is 2.13. The maximum absolute atomic E-state index is 12.5. The Morgan fingerprint density at radius 2 is 1.88 bits per heavy atom. The minimum absolute atomic E-state index is 0.445. The van der Waals surface area contributed by atoms with Crippen LogP contribution in [-0.4, -0.2) is 15.5 Å². The van der Waals surface area contributed by atoms with Crippen LogP contribution in [-0.2, 0) is 16.5 Å². The van der Waals surface area contributed by atoms with Crippen LogP contribution in [0.1, 0.15) is 5.56 Å². The molecule has 1 aromatic rings. The van der Waals surface area contributed by atoms with Crippen LogP contribution >= 0.6 is 0 Å². The van der Waals surface area contributed by atoms with Gasteiger partial charge in [0, 0.05) is 0 Å². The zero-order valence-electron chi connectivity index (χ0n) is 8.48. The van der Waals surface area contributed by atoms with E-state index in [1.807, 2.05) is 0 Å². The largest absolute Gasteiger partial charge is 0.496 e. The lowest BCUT2D eigenvalue weighted by Gasteiger charge is -2.13. The number of ether oxygens (including phenoxy) is 1. The molecular formula is C8H8F3NO4S. The van der Waals surface area contributed by atoms with Gasteiger partial charge in [-0.1, -0.05) is 0 Å². The zero-order valence-corrected chi connectivity index (χ0v) is 9.30. The number of hydrogen-bond acceptors (Lipinski definition) is 4. The first kappa shape index (κ1) is 13.6. The second kappa shape index (κ2) is 4.41. The van der Waals surface area contributed by atoms with E-state index in [0.717, 1.165) is 19.2 Å². The smallest absolute Gasteiger partial charge is 0.420 e. The Bertz CT molecular complexity index is 512. The second-order valence-corrected chi connectivity index (χ2v) is 4.09. The van der Waals surface area contributed by atoms with Crippen molar-refractivity contribution in [2.24, 2.45) is 5.14 Å². The summed E-state index contributed by atoms with van der Waals surface area (Å²) >= 11 is 0. The topological polar surface area (TPSA) is 78.6 Å². The fourth-order valence-electron chi connectivity index (χ4n) is 1.09. The van der Waals surface area contributed by atoms with Crippen LogP contribution in [0.2, 0.25) is 0 Å². The van der Waals surface area contributed by atoms with E-state index in [9.17, 15) is 21.6 Å². The third kappa shape index (κ3) is 3.79. The highest BCUT2D eigenvalue weighted by Crippen LogP contribution is 2.38. The maximum Gasteiger partial charge on any atom is 0.420 e. The van der Waals surface area contributed by atoms with Crippen molar-refractivity contribution in [3.05, 3.63) is 23.8 Å². The molecule has 0 saturated carbocycles. The molecule has 0 aliphatic carbocycles. The Morgan fingerprint density at radius 1 is 1.29 bits per heavy atom. The number of methoxy groups -OCH3 is 1. The van der Waals surface area contributed by atoms with E-state index in [-0.39, 0.29) is 0 Å². The van der Waals surface area contributed by atoms with Crippen LogP contribution < -0.4 is 14.1 Å². The van der Waals surface area contributed by atoms with Crippen LogP contribution in [0.25, 0.3) is 0 Å². The van der Waals surface area contributed by atoms with Crippen molar-refractivity contribution in [3.63, 3.8) is 0 Å². The fourth-order valence-corrected chi connectivity index (χ4v) is 1.47. The molecule has 0 aromatic heterocycles. The molecule has 0 fully saturated rings. The first-order chi connectivity index (χ1) is 7.63. The number of nitrogens with two attached hydrogens (primary N) is 1. The molecule has 0 bridgehead atoms. The summed E-state index contributed by atoms with van der Waals surface area (Å²) in [4.78, 5) is 0. The fraction of sp³-hybridized carbons (Fsp3) is 0.250. The summed E-state index contributed by atoms with van der Waals surface area (Å²) in [6.45, 7) is 0. The molecular weight excluding hydrogens is 263 g/mol. The molecule has 17 heavy (non-hydrogen) atoms. The van der Waals surface area contributed by atoms with Crippen LogP contribution in [0.4, 0.5) is 13.2 Å². The van der Waals surface area contributed by atoms with E-state index < -0.39 is 33.5 Å². The van der Waals surface area contributed by atoms with E-state index in [4.69, 9.17) is 0 Å². The van der Waals surface area contributed by atoms with E-state index in [0.29, 0.717) is 6.07 Å². The summed E-state index contributed by atoms with van der Waals surface area (Å²) < 4.78 is 67.3. The Kier molecular flexibility index (Phi) is 3.53. The SMILES string of the molecule is COc1ccc(OS(N)(=O)=O)cc1C(F)(F)F. The van der Waals surface area contributed by atoms with Gasteiger partial charge in [0.1, 0.15) is 17.1 Å². The summed E-state index contributed by atoms with van der Waals surface area (Å²) in [6, 6.07) is 2.42. The summed E-state index contributed by atoms with van der Waals surface area (Å²) in [7, 11) is -3.31. The molecule has 2 N–H and O–H groups in total. The number of alkyl halides is 3. The van der Waals surface area contributed by atoms with E-state index >= 15 is 0 Å². The molecule has 0 aliphatic rings. The summed E-state index contributed by atoms with van der Waals surface area (Å²) in [5, 5.41) is 4.53. The summed E-state index contributed by atoms with van der Waals surface area (Å²) in [6.07, 6.45) is -4.69. The average molecular weight is 271 g/mol. The van der Waals surface area contributed by atoms with Gasteiger partial charge in [0.25, 0.3) is 0 Å². The Balaban J connectivity index is 3.23. The van der Waals surface area contributed by atoms with Crippen LogP contribution in [0.5, 0.6) is 11.5 Å². The third-order valence-electron chi connectivity index (χ3n) is 1.69. The molecule has 9 heteroatoms. The van der Waals surface area contributed by atoms with Gasteiger partial charge in [-0.15, -0.1) is 0 Å². The molecule has 1 aromatic carbocycles. The van der Waals surface area contributed by atoms with Gasteiger partial charge < -0.3 is 8.92 Å².